The fourth-order valence-electron chi connectivity index (χ4n) is 3.08. The summed E-state index contributed by atoms with van der Waals surface area (Å²) in [5.74, 6) is 1.25. The summed E-state index contributed by atoms with van der Waals surface area (Å²) in [4.78, 5) is 12.1. The molecule has 17 heavy (non-hydrogen) atoms. The molecule has 0 aromatic heterocycles. The van der Waals surface area contributed by atoms with Gasteiger partial charge >= 0.3 is 5.97 Å². The van der Waals surface area contributed by atoms with Crippen LogP contribution in [0, 0.1) is 11.8 Å². The van der Waals surface area contributed by atoms with Crippen molar-refractivity contribution in [3.63, 3.8) is 0 Å². The zero-order valence-corrected chi connectivity index (χ0v) is 11.3. The molecule has 2 unspecified atom stereocenters. The molecule has 0 saturated heterocycles. The quantitative estimate of drug-likeness (QED) is 0.766. The highest BCUT2D eigenvalue weighted by atomic mass is 16.5. The lowest BCUT2D eigenvalue weighted by Gasteiger charge is -2.41. The van der Waals surface area contributed by atoms with Crippen LogP contribution in [-0.4, -0.2) is 24.7 Å². The van der Waals surface area contributed by atoms with Crippen molar-refractivity contribution in [2.45, 2.75) is 64.0 Å². The second-order valence-corrected chi connectivity index (χ2v) is 6.09. The smallest absolute Gasteiger partial charge is 0.326 e. The SMILES string of the molecule is COC(=O)C1(NC2CC2)CCCC(C(C)C)C1. The van der Waals surface area contributed by atoms with Crippen molar-refractivity contribution in [3.05, 3.63) is 0 Å². The van der Waals surface area contributed by atoms with Crippen molar-refractivity contribution in [2.24, 2.45) is 11.8 Å². The van der Waals surface area contributed by atoms with Crippen molar-refractivity contribution in [2.75, 3.05) is 7.11 Å². The fourth-order valence-corrected chi connectivity index (χ4v) is 3.08. The number of esters is 1. The summed E-state index contributed by atoms with van der Waals surface area (Å²) in [6.07, 6.45) is 6.71. The number of carbonyl (C=O) groups is 1. The number of nitrogens with one attached hydrogen (secondary N) is 1. The van der Waals surface area contributed by atoms with Crippen LogP contribution in [0.4, 0.5) is 0 Å². The summed E-state index contributed by atoms with van der Waals surface area (Å²) in [7, 11) is 1.51. The Hall–Kier alpha value is -0.570. The molecule has 0 aliphatic heterocycles. The Balaban J connectivity index is 2.10. The van der Waals surface area contributed by atoms with Crippen LogP contribution in [0.25, 0.3) is 0 Å². The Bertz CT molecular complexity index is 286. The van der Waals surface area contributed by atoms with Gasteiger partial charge in [0, 0.05) is 6.04 Å². The minimum Gasteiger partial charge on any atom is -0.468 e. The van der Waals surface area contributed by atoms with Gasteiger partial charge in [-0.2, -0.15) is 0 Å². The maximum absolute atomic E-state index is 12.1. The first kappa shape index (κ1) is 12.9. The second-order valence-electron chi connectivity index (χ2n) is 6.09. The number of carbonyl (C=O) groups excluding carboxylic acids is 1. The van der Waals surface area contributed by atoms with Crippen LogP contribution in [-0.2, 0) is 9.53 Å². The number of rotatable bonds is 4. The Morgan fingerprint density at radius 2 is 2.06 bits per heavy atom. The van der Waals surface area contributed by atoms with E-state index < -0.39 is 0 Å². The molecule has 2 rings (SSSR count). The molecule has 3 nitrogen and oxygen atoms in total. The minimum atomic E-state index is -0.386. The average molecular weight is 239 g/mol. The molecule has 2 aliphatic rings. The molecule has 2 atom stereocenters. The Kier molecular flexibility index (Phi) is 3.76. The molecule has 98 valence electrons. The van der Waals surface area contributed by atoms with E-state index in [4.69, 9.17) is 4.74 Å². The fraction of sp³-hybridized carbons (Fsp3) is 0.929. The number of ether oxygens (including phenoxy) is 1. The van der Waals surface area contributed by atoms with E-state index in [1.807, 2.05) is 0 Å². The van der Waals surface area contributed by atoms with Gasteiger partial charge in [0.05, 0.1) is 7.11 Å². The molecular formula is C14H25NO2. The average Bonchev–Trinajstić information content (AvgIpc) is 3.12. The summed E-state index contributed by atoms with van der Waals surface area (Å²) < 4.78 is 5.05. The lowest BCUT2D eigenvalue weighted by atomic mass is 9.71. The summed E-state index contributed by atoms with van der Waals surface area (Å²) >= 11 is 0. The molecular weight excluding hydrogens is 214 g/mol. The molecule has 0 amide bonds. The van der Waals surface area contributed by atoms with Crippen LogP contribution in [0.15, 0.2) is 0 Å². The standard InChI is InChI=1S/C14H25NO2/c1-10(2)11-5-4-8-14(9-11,13(16)17-3)15-12-6-7-12/h10-12,15H,4-9H2,1-3H3. The van der Waals surface area contributed by atoms with Gasteiger partial charge in [0.15, 0.2) is 0 Å². The zero-order valence-electron chi connectivity index (χ0n) is 11.3. The van der Waals surface area contributed by atoms with Crippen molar-refractivity contribution in [1.82, 2.24) is 5.32 Å². The van der Waals surface area contributed by atoms with E-state index in [-0.39, 0.29) is 11.5 Å². The zero-order chi connectivity index (χ0) is 12.5. The topological polar surface area (TPSA) is 38.3 Å². The summed E-state index contributed by atoms with van der Waals surface area (Å²) in [5.41, 5.74) is -0.386. The lowest BCUT2D eigenvalue weighted by Crippen LogP contribution is -2.56. The normalized spacial score (nSPS) is 33.8. The van der Waals surface area contributed by atoms with Crippen LogP contribution in [0.1, 0.15) is 52.4 Å². The van der Waals surface area contributed by atoms with Crippen molar-refractivity contribution < 1.29 is 9.53 Å². The summed E-state index contributed by atoms with van der Waals surface area (Å²) in [5, 5.41) is 3.57. The van der Waals surface area contributed by atoms with Crippen molar-refractivity contribution >= 4 is 5.97 Å². The summed E-state index contributed by atoms with van der Waals surface area (Å²) in [6.45, 7) is 4.52. The van der Waals surface area contributed by atoms with Gasteiger partial charge in [-0.3, -0.25) is 10.1 Å². The van der Waals surface area contributed by atoms with E-state index >= 15 is 0 Å². The van der Waals surface area contributed by atoms with Crippen molar-refractivity contribution in [3.8, 4) is 0 Å². The van der Waals surface area contributed by atoms with Gasteiger partial charge < -0.3 is 4.74 Å². The van der Waals surface area contributed by atoms with Crippen LogP contribution in [0.2, 0.25) is 0 Å². The van der Waals surface area contributed by atoms with Crippen LogP contribution in [0.5, 0.6) is 0 Å². The largest absolute Gasteiger partial charge is 0.468 e. The molecule has 0 aromatic rings. The third-order valence-electron chi connectivity index (χ3n) is 4.37. The first-order valence-corrected chi connectivity index (χ1v) is 6.93. The number of methoxy groups -OCH3 is 1. The maximum Gasteiger partial charge on any atom is 0.326 e. The van der Waals surface area contributed by atoms with E-state index in [1.54, 1.807) is 0 Å². The highest BCUT2D eigenvalue weighted by molar-refractivity contribution is 5.81. The van der Waals surface area contributed by atoms with E-state index in [2.05, 4.69) is 19.2 Å². The van der Waals surface area contributed by atoms with Crippen molar-refractivity contribution in [1.29, 1.82) is 0 Å². The predicted octanol–water partition coefficient (Wildman–Crippen LogP) is 2.50. The van der Waals surface area contributed by atoms with Gasteiger partial charge in [-0.1, -0.05) is 26.7 Å². The molecule has 0 heterocycles. The molecule has 1 N–H and O–H groups in total. The molecule has 2 aliphatic carbocycles. The molecule has 2 fully saturated rings. The maximum atomic E-state index is 12.1. The van der Waals surface area contributed by atoms with E-state index in [0.29, 0.717) is 17.9 Å². The van der Waals surface area contributed by atoms with Crippen LogP contribution < -0.4 is 5.32 Å². The Labute approximate surface area is 104 Å². The lowest BCUT2D eigenvalue weighted by molar-refractivity contribution is -0.151. The molecule has 2 saturated carbocycles. The molecule has 0 bridgehead atoms. The van der Waals surface area contributed by atoms with Gasteiger partial charge in [-0.05, 0) is 37.5 Å². The summed E-state index contributed by atoms with van der Waals surface area (Å²) in [6, 6.07) is 0.556. The van der Waals surface area contributed by atoms with Gasteiger partial charge in [-0.25, -0.2) is 0 Å². The first-order chi connectivity index (χ1) is 8.07. The molecule has 0 radical (unpaired) electrons. The van der Waals surface area contributed by atoms with Crippen LogP contribution >= 0.6 is 0 Å². The second kappa shape index (κ2) is 4.97. The van der Waals surface area contributed by atoms with E-state index in [9.17, 15) is 4.79 Å². The number of hydrogen-bond acceptors (Lipinski definition) is 3. The monoisotopic (exact) mass is 239 g/mol. The first-order valence-electron chi connectivity index (χ1n) is 6.93. The molecule has 0 spiro atoms. The van der Waals surface area contributed by atoms with Gasteiger partial charge in [0.1, 0.15) is 5.54 Å². The third-order valence-corrected chi connectivity index (χ3v) is 4.37. The van der Waals surface area contributed by atoms with E-state index in [0.717, 1.165) is 19.3 Å². The molecule has 0 aromatic carbocycles. The van der Waals surface area contributed by atoms with Gasteiger partial charge in [0.25, 0.3) is 0 Å². The minimum absolute atomic E-state index is 0.0465. The molecule has 3 heteroatoms. The van der Waals surface area contributed by atoms with Gasteiger partial charge in [-0.15, -0.1) is 0 Å². The third kappa shape index (κ3) is 2.82. The van der Waals surface area contributed by atoms with Crippen LogP contribution in [0.3, 0.4) is 0 Å². The Morgan fingerprint density at radius 3 is 2.59 bits per heavy atom. The highest BCUT2D eigenvalue weighted by Gasteiger charge is 2.46. The number of hydrogen-bond donors (Lipinski definition) is 1. The predicted molar refractivity (Wildman–Crippen MR) is 67.7 cm³/mol. The van der Waals surface area contributed by atoms with E-state index in [1.165, 1.54) is 26.4 Å². The highest BCUT2D eigenvalue weighted by Crippen LogP contribution is 2.39. The van der Waals surface area contributed by atoms with Gasteiger partial charge in [0.2, 0.25) is 0 Å². The Morgan fingerprint density at radius 1 is 1.35 bits per heavy atom.